The van der Waals surface area contributed by atoms with Crippen molar-refractivity contribution >= 4 is 0 Å². The van der Waals surface area contributed by atoms with Gasteiger partial charge in [-0.15, -0.1) is 0 Å². The van der Waals surface area contributed by atoms with Crippen LogP contribution in [0.3, 0.4) is 0 Å². The number of aryl methyl sites for hydroxylation is 1. The van der Waals surface area contributed by atoms with E-state index in [0.717, 1.165) is 31.4 Å². The maximum atomic E-state index is 5.44. The van der Waals surface area contributed by atoms with E-state index >= 15 is 0 Å². The minimum absolute atomic E-state index is 0.317. The van der Waals surface area contributed by atoms with Crippen molar-refractivity contribution in [3.8, 4) is 5.75 Å². The second-order valence-corrected chi connectivity index (χ2v) is 5.44. The molecular formula is C16H25NO2. The fourth-order valence-corrected chi connectivity index (χ4v) is 2.62. The molecule has 2 atom stereocenters. The van der Waals surface area contributed by atoms with Gasteiger partial charge in [-0.1, -0.05) is 17.7 Å². The lowest BCUT2D eigenvalue weighted by molar-refractivity contribution is 0.184. The van der Waals surface area contributed by atoms with Crippen molar-refractivity contribution in [1.29, 1.82) is 0 Å². The summed E-state index contributed by atoms with van der Waals surface area (Å²) >= 11 is 0. The third kappa shape index (κ3) is 3.95. The van der Waals surface area contributed by atoms with Gasteiger partial charge in [0.15, 0.2) is 0 Å². The predicted octanol–water partition coefficient (Wildman–Crippen LogP) is 3.08. The molecule has 2 rings (SSSR count). The number of methoxy groups -OCH3 is 1. The molecule has 3 nitrogen and oxygen atoms in total. The highest BCUT2D eigenvalue weighted by Gasteiger charge is 2.16. The fraction of sp³-hybridized carbons (Fsp3) is 0.625. The van der Waals surface area contributed by atoms with E-state index in [4.69, 9.17) is 9.47 Å². The van der Waals surface area contributed by atoms with Gasteiger partial charge in [-0.2, -0.15) is 0 Å². The van der Waals surface area contributed by atoms with Crippen LogP contribution in [0, 0.1) is 12.8 Å². The minimum atomic E-state index is 0.317. The van der Waals surface area contributed by atoms with Crippen LogP contribution in [-0.4, -0.2) is 26.9 Å². The molecule has 1 aromatic carbocycles. The molecular weight excluding hydrogens is 238 g/mol. The Morgan fingerprint density at radius 1 is 1.47 bits per heavy atom. The maximum absolute atomic E-state index is 5.44. The second kappa shape index (κ2) is 6.92. The second-order valence-electron chi connectivity index (χ2n) is 5.44. The summed E-state index contributed by atoms with van der Waals surface area (Å²) in [5.41, 5.74) is 2.51. The monoisotopic (exact) mass is 263 g/mol. The van der Waals surface area contributed by atoms with Crippen molar-refractivity contribution in [2.45, 2.75) is 32.7 Å². The van der Waals surface area contributed by atoms with Crippen molar-refractivity contribution in [3.63, 3.8) is 0 Å². The van der Waals surface area contributed by atoms with Crippen molar-refractivity contribution in [2.24, 2.45) is 5.92 Å². The molecule has 1 fully saturated rings. The first-order chi connectivity index (χ1) is 9.20. The molecule has 0 radical (unpaired) electrons. The Kier molecular flexibility index (Phi) is 5.23. The molecule has 2 unspecified atom stereocenters. The topological polar surface area (TPSA) is 30.5 Å². The summed E-state index contributed by atoms with van der Waals surface area (Å²) in [5.74, 6) is 1.70. The normalized spacial score (nSPS) is 20.5. The number of nitrogens with one attached hydrogen (secondary N) is 1. The Bertz CT molecular complexity index is 400. The summed E-state index contributed by atoms with van der Waals surface area (Å²) in [4.78, 5) is 0. The van der Waals surface area contributed by atoms with Gasteiger partial charge in [0, 0.05) is 24.8 Å². The molecule has 0 saturated carbocycles. The molecule has 106 valence electrons. The zero-order valence-electron chi connectivity index (χ0n) is 12.2. The Labute approximate surface area is 116 Å². The first-order valence-electron chi connectivity index (χ1n) is 7.16. The standard InChI is InChI=1S/C16H25NO2/c1-12-4-5-16(18-3)15(10-12)13(2)17-8-6-14-7-9-19-11-14/h4-5,10,13-14,17H,6-9,11H2,1-3H3. The van der Waals surface area contributed by atoms with Crippen LogP contribution in [0.25, 0.3) is 0 Å². The molecule has 1 aliphatic rings. The van der Waals surface area contributed by atoms with E-state index in [-0.39, 0.29) is 0 Å². The summed E-state index contributed by atoms with van der Waals surface area (Å²) in [5, 5.41) is 3.59. The van der Waals surface area contributed by atoms with Crippen molar-refractivity contribution in [2.75, 3.05) is 26.9 Å². The first-order valence-corrected chi connectivity index (χ1v) is 7.16. The lowest BCUT2D eigenvalue weighted by Gasteiger charge is -2.19. The fourth-order valence-electron chi connectivity index (χ4n) is 2.62. The summed E-state index contributed by atoms with van der Waals surface area (Å²) in [7, 11) is 1.73. The molecule has 1 N–H and O–H groups in total. The van der Waals surface area contributed by atoms with Gasteiger partial charge < -0.3 is 14.8 Å². The molecule has 1 aliphatic heterocycles. The Hall–Kier alpha value is -1.06. The van der Waals surface area contributed by atoms with E-state index in [0.29, 0.717) is 6.04 Å². The molecule has 1 aromatic rings. The van der Waals surface area contributed by atoms with E-state index in [1.807, 2.05) is 6.07 Å². The molecule has 1 heterocycles. The zero-order valence-corrected chi connectivity index (χ0v) is 12.2. The smallest absolute Gasteiger partial charge is 0.123 e. The Morgan fingerprint density at radius 3 is 3.00 bits per heavy atom. The van der Waals surface area contributed by atoms with Gasteiger partial charge in [0.25, 0.3) is 0 Å². The van der Waals surface area contributed by atoms with E-state index in [1.165, 1.54) is 24.0 Å². The van der Waals surface area contributed by atoms with Gasteiger partial charge >= 0.3 is 0 Å². The van der Waals surface area contributed by atoms with E-state index in [9.17, 15) is 0 Å². The molecule has 0 spiro atoms. The summed E-state index contributed by atoms with van der Waals surface area (Å²) in [6.07, 6.45) is 2.41. The van der Waals surface area contributed by atoms with Gasteiger partial charge in [0.2, 0.25) is 0 Å². The van der Waals surface area contributed by atoms with E-state index < -0.39 is 0 Å². The minimum Gasteiger partial charge on any atom is -0.496 e. The maximum Gasteiger partial charge on any atom is 0.123 e. The molecule has 0 amide bonds. The molecule has 0 aliphatic carbocycles. The first kappa shape index (κ1) is 14.4. The van der Waals surface area contributed by atoms with Gasteiger partial charge in [-0.05, 0) is 45.2 Å². The molecule has 0 bridgehead atoms. The highest BCUT2D eigenvalue weighted by Crippen LogP contribution is 2.26. The van der Waals surface area contributed by atoms with E-state index in [2.05, 4.69) is 31.3 Å². The molecule has 1 saturated heterocycles. The quantitative estimate of drug-likeness (QED) is 0.855. The van der Waals surface area contributed by atoms with E-state index in [1.54, 1.807) is 7.11 Å². The van der Waals surface area contributed by atoms with Crippen LogP contribution in [0.1, 0.15) is 36.9 Å². The lowest BCUT2D eigenvalue weighted by atomic mass is 10.0. The van der Waals surface area contributed by atoms with Crippen LogP contribution in [0.15, 0.2) is 18.2 Å². The number of hydrogen-bond acceptors (Lipinski definition) is 3. The summed E-state index contributed by atoms with van der Waals surface area (Å²) < 4.78 is 10.8. The Balaban J connectivity index is 1.87. The zero-order chi connectivity index (χ0) is 13.7. The Morgan fingerprint density at radius 2 is 2.32 bits per heavy atom. The number of ether oxygens (including phenoxy) is 2. The van der Waals surface area contributed by atoms with Crippen LogP contribution >= 0.6 is 0 Å². The SMILES string of the molecule is COc1ccc(C)cc1C(C)NCCC1CCOC1. The summed E-state index contributed by atoms with van der Waals surface area (Å²) in [6.45, 7) is 7.22. The third-order valence-corrected chi connectivity index (χ3v) is 3.88. The van der Waals surface area contributed by atoms with Crippen molar-refractivity contribution in [1.82, 2.24) is 5.32 Å². The van der Waals surface area contributed by atoms with Crippen LogP contribution in [0.4, 0.5) is 0 Å². The van der Waals surface area contributed by atoms with Crippen molar-refractivity contribution in [3.05, 3.63) is 29.3 Å². The van der Waals surface area contributed by atoms with Crippen LogP contribution in [0.2, 0.25) is 0 Å². The average Bonchev–Trinajstić information content (AvgIpc) is 2.91. The number of hydrogen-bond donors (Lipinski definition) is 1. The molecule has 3 heteroatoms. The molecule has 19 heavy (non-hydrogen) atoms. The predicted molar refractivity (Wildman–Crippen MR) is 77.7 cm³/mol. The van der Waals surface area contributed by atoms with Gasteiger partial charge in [0.05, 0.1) is 7.11 Å². The van der Waals surface area contributed by atoms with Crippen LogP contribution < -0.4 is 10.1 Å². The van der Waals surface area contributed by atoms with Gasteiger partial charge in [0.1, 0.15) is 5.75 Å². The third-order valence-electron chi connectivity index (χ3n) is 3.88. The molecule has 0 aromatic heterocycles. The average molecular weight is 263 g/mol. The highest BCUT2D eigenvalue weighted by atomic mass is 16.5. The number of rotatable bonds is 6. The van der Waals surface area contributed by atoms with Gasteiger partial charge in [-0.25, -0.2) is 0 Å². The lowest BCUT2D eigenvalue weighted by Crippen LogP contribution is -2.22. The van der Waals surface area contributed by atoms with Crippen LogP contribution in [0.5, 0.6) is 5.75 Å². The largest absolute Gasteiger partial charge is 0.496 e. The van der Waals surface area contributed by atoms with Gasteiger partial charge in [-0.3, -0.25) is 0 Å². The number of benzene rings is 1. The van der Waals surface area contributed by atoms with Crippen molar-refractivity contribution < 1.29 is 9.47 Å². The van der Waals surface area contributed by atoms with Crippen LogP contribution in [-0.2, 0) is 4.74 Å². The highest BCUT2D eigenvalue weighted by molar-refractivity contribution is 5.38. The summed E-state index contributed by atoms with van der Waals surface area (Å²) in [6, 6.07) is 6.66.